The van der Waals surface area contributed by atoms with E-state index in [1.165, 1.54) is 31.4 Å². The quantitative estimate of drug-likeness (QED) is 0.887. The van der Waals surface area contributed by atoms with Crippen LogP contribution in [0.2, 0.25) is 0 Å². The average Bonchev–Trinajstić information content (AvgIpc) is 2.48. The minimum atomic E-state index is -0.787. The molecule has 1 heterocycles. The van der Waals surface area contributed by atoms with Crippen molar-refractivity contribution in [3.05, 3.63) is 35.4 Å². The average molecular weight is 296 g/mol. The lowest BCUT2D eigenvalue weighted by Crippen LogP contribution is -2.54. The van der Waals surface area contributed by atoms with Crippen LogP contribution in [-0.4, -0.2) is 30.1 Å². The van der Waals surface area contributed by atoms with Crippen molar-refractivity contribution in [2.45, 2.75) is 51.6 Å². The molecular weight excluding hydrogens is 270 g/mol. The zero-order chi connectivity index (χ0) is 15.5. The molecule has 0 spiro atoms. The molecule has 1 aromatic rings. The third kappa shape index (κ3) is 3.61. The molecule has 1 N–H and O–H groups in total. The second-order valence-electron chi connectivity index (χ2n) is 6.37. The Morgan fingerprint density at radius 3 is 2.38 bits per heavy atom. The molecule has 2 nitrogen and oxygen atoms in total. The molecule has 0 radical (unpaired) electrons. The normalized spacial score (nSPS) is 18.7. The van der Waals surface area contributed by atoms with E-state index in [4.69, 9.17) is 0 Å². The van der Waals surface area contributed by atoms with Crippen molar-refractivity contribution < 1.29 is 8.78 Å². The van der Waals surface area contributed by atoms with Gasteiger partial charge >= 0.3 is 0 Å². The van der Waals surface area contributed by atoms with Gasteiger partial charge in [-0.15, -0.1) is 0 Å². The Morgan fingerprint density at radius 1 is 1.14 bits per heavy atom. The summed E-state index contributed by atoms with van der Waals surface area (Å²) in [5.74, 6) is -1.56. The summed E-state index contributed by atoms with van der Waals surface area (Å²) >= 11 is 0. The number of nitrogens with zero attached hydrogens (tertiary/aromatic N) is 1. The van der Waals surface area contributed by atoms with Crippen molar-refractivity contribution in [2.24, 2.45) is 0 Å². The lowest BCUT2D eigenvalue weighted by atomic mass is 9.85. The second-order valence-corrected chi connectivity index (χ2v) is 6.37. The Hall–Kier alpha value is -1.00. The Kier molecular flexibility index (Phi) is 5.33. The van der Waals surface area contributed by atoms with Crippen molar-refractivity contribution >= 4 is 0 Å². The molecule has 1 fully saturated rings. The van der Waals surface area contributed by atoms with Crippen LogP contribution in [0.4, 0.5) is 8.78 Å². The van der Waals surface area contributed by atoms with Crippen LogP contribution < -0.4 is 5.32 Å². The zero-order valence-electron chi connectivity index (χ0n) is 13.3. The Bertz CT molecular complexity index is 468. The molecule has 21 heavy (non-hydrogen) atoms. The van der Waals surface area contributed by atoms with E-state index < -0.39 is 11.6 Å². The highest BCUT2D eigenvalue weighted by Gasteiger charge is 2.36. The van der Waals surface area contributed by atoms with Gasteiger partial charge in [-0.05, 0) is 64.0 Å². The number of hydrogen-bond acceptors (Lipinski definition) is 2. The van der Waals surface area contributed by atoms with Crippen molar-refractivity contribution in [2.75, 3.05) is 19.6 Å². The Labute approximate surface area is 126 Å². The van der Waals surface area contributed by atoms with Gasteiger partial charge < -0.3 is 5.32 Å². The number of nitrogens with one attached hydrogen (secondary N) is 1. The molecule has 1 aliphatic heterocycles. The van der Waals surface area contributed by atoms with Crippen LogP contribution in [0.15, 0.2) is 18.2 Å². The van der Waals surface area contributed by atoms with E-state index in [9.17, 15) is 8.78 Å². The van der Waals surface area contributed by atoms with E-state index in [0.29, 0.717) is 0 Å². The summed E-state index contributed by atoms with van der Waals surface area (Å²) < 4.78 is 26.8. The van der Waals surface area contributed by atoms with Crippen LogP contribution in [0.5, 0.6) is 0 Å². The van der Waals surface area contributed by atoms with Gasteiger partial charge in [0.15, 0.2) is 11.6 Å². The topological polar surface area (TPSA) is 15.3 Å². The zero-order valence-corrected chi connectivity index (χ0v) is 13.3. The molecule has 1 unspecified atom stereocenters. The fourth-order valence-electron chi connectivity index (χ4n) is 3.32. The molecule has 0 aliphatic carbocycles. The van der Waals surface area contributed by atoms with Gasteiger partial charge in [0, 0.05) is 5.54 Å². The number of likely N-dealkylation sites (N-methyl/N-ethyl adjacent to an activating group) is 1. The van der Waals surface area contributed by atoms with Gasteiger partial charge in [-0.3, -0.25) is 4.90 Å². The van der Waals surface area contributed by atoms with E-state index in [1.54, 1.807) is 6.07 Å². The summed E-state index contributed by atoms with van der Waals surface area (Å²) in [4.78, 5) is 2.46. The second kappa shape index (κ2) is 6.84. The van der Waals surface area contributed by atoms with E-state index in [0.717, 1.165) is 25.2 Å². The molecule has 0 amide bonds. The standard InChI is InChI=1S/C17H26F2N2/c1-4-20-16(13-8-9-14(18)15(19)12-13)17(2,3)21-10-6-5-7-11-21/h8-9,12,16,20H,4-7,10-11H2,1-3H3. The largest absolute Gasteiger partial charge is 0.309 e. The van der Waals surface area contributed by atoms with Crippen molar-refractivity contribution in [3.63, 3.8) is 0 Å². The van der Waals surface area contributed by atoms with Gasteiger partial charge in [-0.25, -0.2) is 8.78 Å². The van der Waals surface area contributed by atoms with Crippen molar-refractivity contribution in [3.8, 4) is 0 Å². The molecule has 1 atom stereocenters. The lowest BCUT2D eigenvalue weighted by Gasteiger charge is -2.46. The Balaban J connectivity index is 2.29. The third-order valence-corrected chi connectivity index (χ3v) is 4.56. The van der Waals surface area contributed by atoms with E-state index in [1.807, 2.05) is 6.92 Å². The molecule has 1 saturated heterocycles. The van der Waals surface area contributed by atoms with Gasteiger partial charge in [0.2, 0.25) is 0 Å². The number of likely N-dealkylation sites (tertiary alicyclic amines) is 1. The third-order valence-electron chi connectivity index (χ3n) is 4.56. The number of halogens is 2. The summed E-state index contributed by atoms with van der Waals surface area (Å²) in [6, 6.07) is 4.23. The highest BCUT2D eigenvalue weighted by Crippen LogP contribution is 2.33. The fraction of sp³-hybridized carbons (Fsp3) is 0.647. The maximum atomic E-state index is 13.6. The first kappa shape index (κ1) is 16.4. The molecule has 1 aliphatic rings. The SMILES string of the molecule is CCNC(c1ccc(F)c(F)c1)C(C)(C)N1CCCCC1. The predicted octanol–water partition coefficient (Wildman–Crippen LogP) is 3.88. The first-order valence-electron chi connectivity index (χ1n) is 7.90. The molecular formula is C17H26F2N2. The minimum Gasteiger partial charge on any atom is -0.309 e. The molecule has 2 rings (SSSR count). The first-order valence-corrected chi connectivity index (χ1v) is 7.90. The highest BCUT2D eigenvalue weighted by atomic mass is 19.2. The predicted molar refractivity (Wildman–Crippen MR) is 82.3 cm³/mol. The van der Waals surface area contributed by atoms with E-state index in [2.05, 4.69) is 24.1 Å². The monoisotopic (exact) mass is 296 g/mol. The summed E-state index contributed by atoms with van der Waals surface area (Å²) in [7, 11) is 0. The molecule has 0 saturated carbocycles. The maximum Gasteiger partial charge on any atom is 0.159 e. The molecule has 118 valence electrons. The van der Waals surface area contributed by atoms with Gasteiger partial charge in [-0.1, -0.05) is 19.4 Å². The molecule has 4 heteroatoms. The smallest absolute Gasteiger partial charge is 0.159 e. The summed E-state index contributed by atoms with van der Waals surface area (Å²) in [6.45, 7) is 9.34. The lowest BCUT2D eigenvalue weighted by molar-refractivity contribution is 0.0611. The van der Waals surface area contributed by atoms with Crippen LogP contribution >= 0.6 is 0 Å². The summed E-state index contributed by atoms with van der Waals surface area (Å²) in [5.41, 5.74) is 0.673. The van der Waals surface area contributed by atoms with Crippen LogP contribution in [0.1, 0.15) is 51.6 Å². The minimum absolute atomic E-state index is 0.0179. The number of rotatable bonds is 5. The maximum absolute atomic E-state index is 13.6. The highest BCUT2D eigenvalue weighted by molar-refractivity contribution is 5.24. The van der Waals surface area contributed by atoms with E-state index in [-0.39, 0.29) is 11.6 Å². The van der Waals surface area contributed by atoms with Gasteiger partial charge in [0.25, 0.3) is 0 Å². The van der Waals surface area contributed by atoms with Crippen molar-refractivity contribution in [1.29, 1.82) is 0 Å². The Morgan fingerprint density at radius 2 is 1.81 bits per heavy atom. The van der Waals surface area contributed by atoms with Gasteiger partial charge in [-0.2, -0.15) is 0 Å². The van der Waals surface area contributed by atoms with Crippen LogP contribution in [0.3, 0.4) is 0 Å². The van der Waals surface area contributed by atoms with Crippen LogP contribution in [0, 0.1) is 11.6 Å². The first-order chi connectivity index (χ1) is 9.96. The number of benzene rings is 1. The number of hydrogen-bond donors (Lipinski definition) is 1. The van der Waals surface area contributed by atoms with Crippen molar-refractivity contribution in [1.82, 2.24) is 10.2 Å². The van der Waals surface area contributed by atoms with Crippen LogP contribution in [0.25, 0.3) is 0 Å². The van der Waals surface area contributed by atoms with Gasteiger partial charge in [0.05, 0.1) is 6.04 Å². The van der Waals surface area contributed by atoms with Crippen LogP contribution in [-0.2, 0) is 0 Å². The number of piperidine rings is 1. The summed E-state index contributed by atoms with van der Waals surface area (Å²) in [6.07, 6.45) is 3.70. The molecule has 0 bridgehead atoms. The fourth-order valence-corrected chi connectivity index (χ4v) is 3.32. The van der Waals surface area contributed by atoms with E-state index >= 15 is 0 Å². The van der Waals surface area contributed by atoms with Gasteiger partial charge in [0.1, 0.15) is 0 Å². The molecule has 1 aromatic carbocycles. The summed E-state index contributed by atoms with van der Waals surface area (Å²) in [5, 5.41) is 3.45. The molecule has 0 aromatic heterocycles.